The predicted molar refractivity (Wildman–Crippen MR) is 123 cm³/mol. The fraction of sp³-hybridized carbons (Fsp3) is 0.722. The molecule has 0 spiro atoms. The van der Waals surface area contributed by atoms with Crippen LogP contribution >= 0.6 is 35.3 Å². The number of rotatable bonds is 6. The Labute approximate surface area is 184 Å². The van der Waals surface area contributed by atoms with Gasteiger partial charge in [-0.15, -0.1) is 35.3 Å². The highest BCUT2D eigenvalue weighted by molar-refractivity contribution is 14.0. The molecule has 0 saturated carbocycles. The van der Waals surface area contributed by atoms with Gasteiger partial charge in [-0.3, -0.25) is 0 Å². The van der Waals surface area contributed by atoms with E-state index in [-0.39, 0.29) is 24.0 Å². The Hall–Kier alpha value is -1.10. The van der Waals surface area contributed by atoms with Gasteiger partial charge in [-0.05, 0) is 55.4 Å². The first-order valence-corrected chi connectivity index (χ1v) is 9.70. The summed E-state index contributed by atoms with van der Waals surface area (Å²) in [5.41, 5.74) is 0.0172. The number of carbonyl (C=O) groups is 1. The summed E-state index contributed by atoms with van der Waals surface area (Å²) in [5, 5.41) is 10.4. The quantitative estimate of drug-likeness (QED) is 0.308. The number of ether oxygens (including phenoxy) is 1. The summed E-state index contributed by atoms with van der Waals surface area (Å²) in [4.78, 5) is 22.2. The highest BCUT2D eigenvalue weighted by Crippen LogP contribution is 2.17. The smallest absolute Gasteiger partial charge is 0.408 e. The molecule has 0 radical (unpaired) electrons. The van der Waals surface area contributed by atoms with Gasteiger partial charge in [0.25, 0.3) is 0 Å². The summed E-state index contributed by atoms with van der Waals surface area (Å²) in [6.07, 6.45) is -0.429. The predicted octanol–water partition coefficient (Wildman–Crippen LogP) is 3.74. The Kier molecular flexibility index (Phi) is 10.6. The minimum Gasteiger partial charge on any atom is -0.444 e. The van der Waals surface area contributed by atoms with Crippen LogP contribution in [0.15, 0.2) is 4.99 Å². The number of halogens is 1. The molecule has 0 saturated heterocycles. The van der Waals surface area contributed by atoms with Crippen molar-refractivity contribution in [1.82, 2.24) is 20.9 Å². The molecule has 0 bridgehead atoms. The van der Waals surface area contributed by atoms with E-state index in [0.717, 1.165) is 22.1 Å². The van der Waals surface area contributed by atoms with Crippen molar-refractivity contribution in [2.24, 2.45) is 4.99 Å². The SMILES string of the molecule is CCNC(=NCc1sc(C)nc1C)NCC(C)(C)NC(=O)OC(C)(C)C.I. The van der Waals surface area contributed by atoms with Crippen molar-refractivity contribution < 1.29 is 9.53 Å². The largest absolute Gasteiger partial charge is 0.444 e. The monoisotopic (exact) mass is 511 g/mol. The van der Waals surface area contributed by atoms with Crippen LogP contribution in [-0.4, -0.2) is 41.3 Å². The van der Waals surface area contributed by atoms with E-state index in [2.05, 4.69) is 25.9 Å². The standard InChI is InChI=1S/C18H33N5O2S.HI/c1-9-19-15(20-10-14-12(2)22-13(3)26-14)21-11-18(7,8)23-16(24)25-17(4,5)6;/h9-11H2,1-8H3,(H,23,24)(H2,19,20,21);1H. The van der Waals surface area contributed by atoms with Crippen molar-refractivity contribution in [1.29, 1.82) is 0 Å². The Morgan fingerprint density at radius 3 is 2.30 bits per heavy atom. The summed E-state index contributed by atoms with van der Waals surface area (Å²) in [5.74, 6) is 0.706. The van der Waals surface area contributed by atoms with Crippen LogP contribution in [0.3, 0.4) is 0 Å². The first kappa shape index (κ1) is 25.9. The molecule has 1 heterocycles. The van der Waals surface area contributed by atoms with Crippen LogP contribution in [0, 0.1) is 13.8 Å². The molecular weight excluding hydrogens is 477 g/mol. The van der Waals surface area contributed by atoms with Gasteiger partial charge >= 0.3 is 6.09 Å². The Balaban J connectivity index is 0.00000676. The number of thiazole rings is 1. The van der Waals surface area contributed by atoms with E-state index in [4.69, 9.17) is 4.74 Å². The van der Waals surface area contributed by atoms with Crippen molar-refractivity contribution in [3.8, 4) is 0 Å². The van der Waals surface area contributed by atoms with Gasteiger partial charge in [-0.25, -0.2) is 14.8 Å². The normalized spacial score (nSPS) is 12.2. The molecule has 0 aliphatic rings. The maximum absolute atomic E-state index is 12.0. The Bertz CT molecular complexity index is 638. The maximum Gasteiger partial charge on any atom is 0.408 e. The van der Waals surface area contributed by atoms with Crippen molar-refractivity contribution >= 4 is 47.4 Å². The van der Waals surface area contributed by atoms with Gasteiger partial charge < -0.3 is 20.7 Å². The number of hydrogen-bond acceptors (Lipinski definition) is 5. The molecule has 0 aromatic carbocycles. The van der Waals surface area contributed by atoms with Crippen LogP contribution in [0.1, 0.15) is 57.1 Å². The molecule has 27 heavy (non-hydrogen) atoms. The minimum atomic E-state index is -0.519. The molecular formula is C18H34IN5O2S. The van der Waals surface area contributed by atoms with Gasteiger partial charge in [-0.1, -0.05) is 0 Å². The number of aryl methyl sites for hydroxylation is 2. The lowest BCUT2D eigenvalue weighted by Gasteiger charge is -2.29. The second-order valence-corrected chi connectivity index (χ2v) is 9.09. The lowest BCUT2D eigenvalue weighted by Crippen LogP contribution is -2.54. The van der Waals surface area contributed by atoms with Crippen LogP contribution in [-0.2, 0) is 11.3 Å². The zero-order valence-corrected chi connectivity index (χ0v) is 20.8. The third-order valence-electron chi connectivity index (χ3n) is 3.26. The Morgan fingerprint density at radius 2 is 1.81 bits per heavy atom. The molecule has 9 heteroatoms. The van der Waals surface area contributed by atoms with E-state index in [1.807, 2.05) is 55.4 Å². The summed E-state index contributed by atoms with van der Waals surface area (Å²) in [6.45, 7) is 17.3. The number of nitrogens with zero attached hydrogens (tertiary/aromatic N) is 2. The lowest BCUT2D eigenvalue weighted by atomic mass is 10.1. The molecule has 7 nitrogen and oxygen atoms in total. The fourth-order valence-electron chi connectivity index (χ4n) is 2.14. The first-order valence-electron chi connectivity index (χ1n) is 8.88. The molecule has 1 rings (SSSR count). The van der Waals surface area contributed by atoms with Crippen LogP contribution in [0.4, 0.5) is 4.79 Å². The number of amides is 1. The van der Waals surface area contributed by atoms with Crippen molar-refractivity contribution in [2.75, 3.05) is 13.1 Å². The van der Waals surface area contributed by atoms with Gasteiger partial charge in [0.1, 0.15) is 5.60 Å². The number of nitrogens with one attached hydrogen (secondary N) is 3. The van der Waals surface area contributed by atoms with E-state index in [0.29, 0.717) is 19.0 Å². The van der Waals surface area contributed by atoms with Crippen molar-refractivity contribution in [3.63, 3.8) is 0 Å². The highest BCUT2D eigenvalue weighted by atomic mass is 127. The summed E-state index contributed by atoms with van der Waals surface area (Å²) in [6, 6.07) is 0. The molecule has 0 aliphatic carbocycles. The van der Waals surface area contributed by atoms with Gasteiger partial charge in [0.2, 0.25) is 0 Å². The van der Waals surface area contributed by atoms with Crippen LogP contribution < -0.4 is 16.0 Å². The number of aliphatic imine (C=N–C) groups is 1. The third-order valence-corrected chi connectivity index (χ3v) is 4.32. The molecule has 1 aromatic rings. The zero-order chi connectivity index (χ0) is 20.0. The van der Waals surface area contributed by atoms with E-state index >= 15 is 0 Å². The average molecular weight is 511 g/mol. The van der Waals surface area contributed by atoms with E-state index < -0.39 is 17.2 Å². The molecule has 0 atom stereocenters. The Morgan fingerprint density at radius 1 is 1.19 bits per heavy atom. The van der Waals surface area contributed by atoms with Gasteiger partial charge in [0, 0.05) is 18.0 Å². The van der Waals surface area contributed by atoms with Gasteiger partial charge in [0.05, 0.1) is 22.8 Å². The number of carbonyl (C=O) groups excluding carboxylic acids is 1. The second kappa shape index (κ2) is 11.0. The van der Waals surface area contributed by atoms with Crippen molar-refractivity contribution in [3.05, 3.63) is 15.6 Å². The van der Waals surface area contributed by atoms with Crippen molar-refractivity contribution in [2.45, 2.75) is 73.1 Å². The lowest BCUT2D eigenvalue weighted by molar-refractivity contribution is 0.0474. The first-order chi connectivity index (χ1) is 11.9. The number of hydrogen-bond donors (Lipinski definition) is 3. The van der Waals surface area contributed by atoms with E-state index in [9.17, 15) is 4.79 Å². The zero-order valence-electron chi connectivity index (χ0n) is 17.6. The maximum atomic E-state index is 12.0. The molecule has 156 valence electrons. The summed E-state index contributed by atoms with van der Waals surface area (Å²) >= 11 is 1.66. The summed E-state index contributed by atoms with van der Waals surface area (Å²) in [7, 11) is 0. The fourth-order valence-corrected chi connectivity index (χ4v) is 3.00. The number of alkyl carbamates (subject to hydrolysis) is 1. The van der Waals surface area contributed by atoms with Crippen LogP contribution in [0.5, 0.6) is 0 Å². The highest BCUT2D eigenvalue weighted by Gasteiger charge is 2.24. The molecule has 0 fully saturated rings. The van der Waals surface area contributed by atoms with E-state index in [1.54, 1.807) is 11.3 Å². The molecule has 1 amide bonds. The molecule has 1 aromatic heterocycles. The second-order valence-electron chi connectivity index (χ2n) is 7.80. The van der Waals surface area contributed by atoms with Crippen LogP contribution in [0.25, 0.3) is 0 Å². The third kappa shape index (κ3) is 10.7. The topological polar surface area (TPSA) is 87.6 Å². The molecule has 0 aliphatic heterocycles. The average Bonchev–Trinajstić information content (AvgIpc) is 2.77. The van der Waals surface area contributed by atoms with E-state index in [1.165, 1.54) is 0 Å². The number of guanidine groups is 1. The molecule has 3 N–H and O–H groups in total. The minimum absolute atomic E-state index is 0. The summed E-state index contributed by atoms with van der Waals surface area (Å²) < 4.78 is 5.32. The molecule has 0 unspecified atom stereocenters. The van der Waals surface area contributed by atoms with Gasteiger partial charge in [-0.2, -0.15) is 0 Å². The van der Waals surface area contributed by atoms with Crippen LogP contribution in [0.2, 0.25) is 0 Å². The van der Waals surface area contributed by atoms with Gasteiger partial charge in [0.15, 0.2) is 5.96 Å². The number of aromatic nitrogens is 1.